The Labute approximate surface area is 216 Å². The summed E-state index contributed by atoms with van der Waals surface area (Å²) >= 11 is 0. The van der Waals surface area contributed by atoms with Gasteiger partial charge in [0.2, 0.25) is 11.8 Å². The molecule has 1 N–H and O–H groups in total. The molecule has 2 aliphatic heterocycles. The number of aromatic nitrogens is 1. The van der Waals surface area contributed by atoms with Gasteiger partial charge < -0.3 is 19.7 Å². The summed E-state index contributed by atoms with van der Waals surface area (Å²) in [5.41, 5.74) is 3.92. The van der Waals surface area contributed by atoms with Gasteiger partial charge in [0.25, 0.3) is 5.91 Å². The third kappa shape index (κ3) is 5.00. The minimum Gasteiger partial charge on any atom is -0.464 e. The standard InChI is InChI=1S/C29H30N4O4/c1-20(34)33-19-29(2,3)24-12-11-22(16-25(24)33)31-28(35)23-10-7-13-30-27(23)32(26-18-36-14-15-37-26)17-21-8-5-4-6-9-21/h4-5,7-8,10-16,18H,6,9,17,19H2,1-3H3,(H,31,35). The molecule has 0 spiro atoms. The molecule has 190 valence electrons. The van der Waals surface area contributed by atoms with Crippen molar-refractivity contribution in [3.05, 3.63) is 96.1 Å². The summed E-state index contributed by atoms with van der Waals surface area (Å²) in [5.74, 6) is 0.547. The Morgan fingerprint density at radius 2 is 2.08 bits per heavy atom. The van der Waals surface area contributed by atoms with Gasteiger partial charge in [0, 0.05) is 43.0 Å². The zero-order chi connectivity index (χ0) is 26.0. The van der Waals surface area contributed by atoms with Crippen LogP contribution >= 0.6 is 0 Å². The molecule has 1 aliphatic carbocycles. The van der Waals surface area contributed by atoms with Gasteiger partial charge in [-0.3, -0.25) is 14.5 Å². The summed E-state index contributed by atoms with van der Waals surface area (Å²) in [6.45, 7) is 6.88. The van der Waals surface area contributed by atoms with E-state index < -0.39 is 0 Å². The molecule has 1 aromatic heterocycles. The molecule has 3 aliphatic rings. The number of allylic oxidation sites excluding steroid dienone is 3. The summed E-state index contributed by atoms with van der Waals surface area (Å²) in [6, 6.07) is 9.19. The summed E-state index contributed by atoms with van der Waals surface area (Å²) < 4.78 is 11.1. The van der Waals surface area contributed by atoms with E-state index in [4.69, 9.17) is 9.47 Å². The van der Waals surface area contributed by atoms with E-state index >= 15 is 0 Å². The number of rotatable bonds is 6. The Morgan fingerprint density at radius 3 is 2.81 bits per heavy atom. The summed E-state index contributed by atoms with van der Waals surface area (Å²) in [6.07, 6.45) is 14.1. The number of pyridine rings is 1. The SMILES string of the molecule is CC(=O)N1CC(C)(C)c2ccc(NC(=O)c3cccnc3N(CC3=CC=CCC3)C3=COC=CO3)cc21. The number of amides is 2. The normalized spacial score (nSPS) is 17.2. The van der Waals surface area contributed by atoms with Crippen LogP contribution in [0.2, 0.25) is 0 Å². The highest BCUT2D eigenvalue weighted by Gasteiger charge is 2.37. The van der Waals surface area contributed by atoms with Gasteiger partial charge in [-0.2, -0.15) is 0 Å². The summed E-state index contributed by atoms with van der Waals surface area (Å²) in [7, 11) is 0. The van der Waals surface area contributed by atoms with Crippen LogP contribution in [0.4, 0.5) is 17.2 Å². The maximum Gasteiger partial charge on any atom is 0.259 e. The van der Waals surface area contributed by atoms with E-state index in [1.165, 1.54) is 24.4 Å². The fourth-order valence-corrected chi connectivity index (χ4v) is 4.87. The zero-order valence-electron chi connectivity index (χ0n) is 21.2. The number of hydrogen-bond acceptors (Lipinski definition) is 6. The second-order valence-electron chi connectivity index (χ2n) is 9.91. The van der Waals surface area contributed by atoms with Crippen LogP contribution < -0.4 is 15.1 Å². The molecular formula is C29H30N4O4. The van der Waals surface area contributed by atoms with E-state index in [-0.39, 0.29) is 17.2 Å². The Morgan fingerprint density at radius 1 is 1.22 bits per heavy atom. The van der Waals surface area contributed by atoms with Gasteiger partial charge in [-0.15, -0.1) is 0 Å². The average Bonchev–Trinajstić information content (AvgIpc) is 3.18. The van der Waals surface area contributed by atoms with Gasteiger partial charge in [0.05, 0.1) is 5.56 Å². The van der Waals surface area contributed by atoms with Crippen molar-refractivity contribution in [3.63, 3.8) is 0 Å². The molecule has 0 saturated heterocycles. The monoisotopic (exact) mass is 498 g/mol. The van der Waals surface area contributed by atoms with Crippen LogP contribution in [0.1, 0.15) is 49.5 Å². The van der Waals surface area contributed by atoms with Crippen molar-refractivity contribution in [1.29, 1.82) is 0 Å². The minimum atomic E-state index is -0.315. The Kier molecular flexibility index (Phi) is 6.56. The van der Waals surface area contributed by atoms with Crippen molar-refractivity contribution in [2.75, 3.05) is 28.2 Å². The highest BCUT2D eigenvalue weighted by atomic mass is 16.5. The molecule has 8 nitrogen and oxygen atoms in total. The fraction of sp³-hybridized carbons (Fsp3) is 0.276. The summed E-state index contributed by atoms with van der Waals surface area (Å²) in [4.78, 5) is 34.0. The number of anilines is 3. The maximum absolute atomic E-state index is 13.6. The van der Waals surface area contributed by atoms with Crippen LogP contribution in [0.25, 0.3) is 0 Å². The third-order valence-corrected chi connectivity index (χ3v) is 6.72. The van der Waals surface area contributed by atoms with E-state index in [0.29, 0.717) is 36.0 Å². The molecule has 0 saturated carbocycles. The lowest BCUT2D eigenvalue weighted by atomic mass is 9.87. The lowest BCUT2D eigenvalue weighted by Gasteiger charge is -2.28. The molecule has 0 unspecified atom stereocenters. The molecule has 0 fully saturated rings. The van der Waals surface area contributed by atoms with Crippen molar-refractivity contribution < 1.29 is 19.1 Å². The summed E-state index contributed by atoms with van der Waals surface area (Å²) in [5, 5.41) is 3.00. The molecular weight excluding hydrogens is 468 g/mol. The van der Waals surface area contributed by atoms with Crippen molar-refractivity contribution >= 4 is 29.0 Å². The lowest BCUT2D eigenvalue weighted by Crippen LogP contribution is -2.32. The van der Waals surface area contributed by atoms with Crippen molar-refractivity contribution in [2.45, 2.75) is 39.0 Å². The molecule has 1 aromatic carbocycles. The second kappa shape index (κ2) is 9.97. The van der Waals surface area contributed by atoms with Crippen LogP contribution in [0, 0.1) is 0 Å². The predicted octanol–water partition coefficient (Wildman–Crippen LogP) is 5.38. The van der Waals surface area contributed by atoms with Gasteiger partial charge in [-0.25, -0.2) is 4.98 Å². The minimum absolute atomic E-state index is 0.0237. The number of nitrogens with one attached hydrogen (secondary N) is 1. The van der Waals surface area contributed by atoms with Crippen LogP contribution in [0.3, 0.4) is 0 Å². The Bertz CT molecular complexity index is 1360. The van der Waals surface area contributed by atoms with Crippen molar-refractivity contribution in [3.8, 4) is 0 Å². The zero-order valence-corrected chi connectivity index (χ0v) is 21.2. The number of carbonyl (C=O) groups excluding carboxylic acids is 2. The van der Waals surface area contributed by atoms with E-state index in [0.717, 1.165) is 24.1 Å². The first kappa shape index (κ1) is 24.4. The highest BCUT2D eigenvalue weighted by Crippen LogP contribution is 2.42. The first-order valence-electron chi connectivity index (χ1n) is 12.3. The molecule has 5 rings (SSSR count). The van der Waals surface area contributed by atoms with E-state index in [9.17, 15) is 9.59 Å². The van der Waals surface area contributed by atoms with Crippen molar-refractivity contribution in [1.82, 2.24) is 4.98 Å². The third-order valence-electron chi connectivity index (χ3n) is 6.72. The van der Waals surface area contributed by atoms with Gasteiger partial charge in [0.1, 0.15) is 18.3 Å². The Balaban J connectivity index is 1.46. The fourth-order valence-electron chi connectivity index (χ4n) is 4.87. The number of ether oxygens (including phenoxy) is 2. The molecule has 37 heavy (non-hydrogen) atoms. The number of nitrogens with zero attached hydrogens (tertiary/aromatic N) is 3. The number of benzene rings is 1. The number of hydrogen-bond donors (Lipinski definition) is 1. The van der Waals surface area contributed by atoms with E-state index in [2.05, 4.69) is 36.3 Å². The van der Waals surface area contributed by atoms with Crippen LogP contribution in [-0.4, -0.2) is 29.9 Å². The molecule has 2 aromatic rings. The number of carbonyl (C=O) groups is 2. The molecule has 3 heterocycles. The quantitative estimate of drug-likeness (QED) is 0.576. The van der Waals surface area contributed by atoms with Crippen LogP contribution in [0.5, 0.6) is 0 Å². The molecule has 0 bridgehead atoms. The van der Waals surface area contributed by atoms with Gasteiger partial charge in [-0.1, -0.05) is 43.7 Å². The molecule has 2 amide bonds. The Hall–Kier alpha value is -4.33. The van der Waals surface area contributed by atoms with E-state index in [1.54, 1.807) is 30.2 Å². The van der Waals surface area contributed by atoms with Crippen LogP contribution in [0.15, 0.2) is 85.0 Å². The first-order chi connectivity index (χ1) is 17.8. The predicted molar refractivity (Wildman–Crippen MR) is 143 cm³/mol. The maximum atomic E-state index is 13.6. The molecule has 0 atom stereocenters. The highest BCUT2D eigenvalue weighted by molar-refractivity contribution is 6.08. The van der Waals surface area contributed by atoms with Crippen molar-refractivity contribution in [2.24, 2.45) is 0 Å². The van der Waals surface area contributed by atoms with E-state index in [1.807, 2.05) is 29.2 Å². The second-order valence-corrected chi connectivity index (χ2v) is 9.91. The van der Waals surface area contributed by atoms with Crippen LogP contribution in [-0.2, 0) is 19.7 Å². The number of fused-ring (bicyclic) bond motifs is 1. The molecule has 0 radical (unpaired) electrons. The van der Waals surface area contributed by atoms with Gasteiger partial charge in [-0.05, 0) is 42.7 Å². The lowest BCUT2D eigenvalue weighted by molar-refractivity contribution is -0.116. The average molecular weight is 499 g/mol. The molecule has 8 heteroatoms. The smallest absolute Gasteiger partial charge is 0.259 e. The largest absolute Gasteiger partial charge is 0.464 e. The first-order valence-corrected chi connectivity index (χ1v) is 12.3. The topological polar surface area (TPSA) is 84.0 Å². The van der Waals surface area contributed by atoms with Gasteiger partial charge >= 0.3 is 0 Å². The van der Waals surface area contributed by atoms with Gasteiger partial charge in [0.15, 0.2) is 6.26 Å².